The highest BCUT2D eigenvalue weighted by Gasteiger charge is 2.12. The SMILES string of the molecule is NC(Cc1ccc(-c2ccc(Cl)cc2Cl)o1)c1ccncc1. The summed E-state index contributed by atoms with van der Waals surface area (Å²) in [6, 6.07) is 12.8. The lowest BCUT2D eigenvalue weighted by Gasteiger charge is -2.09. The Morgan fingerprint density at radius 2 is 1.82 bits per heavy atom. The van der Waals surface area contributed by atoms with Crippen molar-refractivity contribution in [1.82, 2.24) is 4.98 Å². The molecule has 1 atom stereocenters. The smallest absolute Gasteiger partial charge is 0.135 e. The second-order valence-corrected chi connectivity index (χ2v) is 5.82. The zero-order chi connectivity index (χ0) is 15.5. The van der Waals surface area contributed by atoms with Crippen molar-refractivity contribution in [1.29, 1.82) is 0 Å². The van der Waals surface area contributed by atoms with Crippen molar-refractivity contribution in [3.05, 3.63) is 76.2 Å². The molecule has 0 aliphatic carbocycles. The van der Waals surface area contributed by atoms with Crippen molar-refractivity contribution < 1.29 is 4.42 Å². The summed E-state index contributed by atoms with van der Waals surface area (Å²) in [6.45, 7) is 0. The van der Waals surface area contributed by atoms with E-state index in [0.29, 0.717) is 22.2 Å². The van der Waals surface area contributed by atoms with Gasteiger partial charge in [0.1, 0.15) is 11.5 Å². The van der Waals surface area contributed by atoms with Gasteiger partial charge in [-0.05, 0) is 48.0 Å². The predicted octanol–water partition coefficient (Wildman–Crippen LogP) is 4.89. The third-order valence-corrected chi connectivity index (χ3v) is 3.96. The summed E-state index contributed by atoms with van der Waals surface area (Å²) < 4.78 is 5.86. The van der Waals surface area contributed by atoms with Crippen LogP contribution in [0, 0.1) is 0 Å². The first-order chi connectivity index (χ1) is 10.6. The summed E-state index contributed by atoms with van der Waals surface area (Å²) in [5, 5.41) is 1.16. The Bertz CT molecular complexity index is 771. The molecular weight excluding hydrogens is 319 g/mol. The number of hydrogen-bond acceptors (Lipinski definition) is 3. The molecule has 5 heteroatoms. The van der Waals surface area contributed by atoms with Crippen LogP contribution >= 0.6 is 23.2 Å². The van der Waals surface area contributed by atoms with Crippen LogP contribution in [-0.4, -0.2) is 4.98 Å². The van der Waals surface area contributed by atoms with Gasteiger partial charge in [0.05, 0.1) is 5.02 Å². The minimum absolute atomic E-state index is 0.136. The van der Waals surface area contributed by atoms with Gasteiger partial charge in [0.2, 0.25) is 0 Å². The molecule has 3 rings (SSSR count). The number of hydrogen-bond donors (Lipinski definition) is 1. The van der Waals surface area contributed by atoms with Crippen LogP contribution in [0.1, 0.15) is 17.4 Å². The van der Waals surface area contributed by atoms with Crippen LogP contribution in [0.4, 0.5) is 0 Å². The van der Waals surface area contributed by atoms with Crippen molar-refractivity contribution in [2.45, 2.75) is 12.5 Å². The molecule has 2 N–H and O–H groups in total. The summed E-state index contributed by atoms with van der Waals surface area (Å²) >= 11 is 12.1. The van der Waals surface area contributed by atoms with Gasteiger partial charge in [0.15, 0.2) is 0 Å². The predicted molar refractivity (Wildman–Crippen MR) is 89.0 cm³/mol. The van der Waals surface area contributed by atoms with Crippen LogP contribution in [0.25, 0.3) is 11.3 Å². The number of benzene rings is 1. The maximum Gasteiger partial charge on any atom is 0.135 e. The fraction of sp³-hybridized carbons (Fsp3) is 0.118. The van der Waals surface area contributed by atoms with Gasteiger partial charge in [-0.3, -0.25) is 4.98 Å². The molecule has 3 nitrogen and oxygen atoms in total. The number of nitrogens with two attached hydrogens (primary N) is 1. The van der Waals surface area contributed by atoms with E-state index in [1.807, 2.05) is 30.3 Å². The highest BCUT2D eigenvalue weighted by atomic mass is 35.5. The second kappa shape index (κ2) is 6.53. The van der Waals surface area contributed by atoms with Gasteiger partial charge in [-0.1, -0.05) is 23.2 Å². The number of rotatable bonds is 4. The van der Waals surface area contributed by atoms with Crippen LogP contribution in [0.3, 0.4) is 0 Å². The van der Waals surface area contributed by atoms with E-state index in [4.69, 9.17) is 33.4 Å². The van der Waals surface area contributed by atoms with Crippen LogP contribution in [0.5, 0.6) is 0 Å². The summed E-state index contributed by atoms with van der Waals surface area (Å²) in [7, 11) is 0. The van der Waals surface area contributed by atoms with Gasteiger partial charge in [0, 0.05) is 35.4 Å². The first-order valence-electron chi connectivity index (χ1n) is 6.83. The number of nitrogens with zero attached hydrogens (tertiary/aromatic N) is 1. The second-order valence-electron chi connectivity index (χ2n) is 4.98. The molecule has 0 saturated carbocycles. The number of aromatic nitrogens is 1. The molecule has 2 heterocycles. The Labute approximate surface area is 138 Å². The number of halogens is 2. The topological polar surface area (TPSA) is 52.0 Å². The van der Waals surface area contributed by atoms with E-state index in [2.05, 4.69) is 4.98 Å². The van der Waals surface area contributed by atoms with Gasteiger partial charge in [0.25, 0.3) is 0 Å². The Hall–Kier alpha value is -1.81. The van der Waals surface area contributed by atoms with E-state index < -0.39 is 0 Å². The molecule has 0 fully saturated rings. The largest absolute Gasteiger partial charge is 0.461 e. The Balaban J connectivity index is 1.79. The molecule has 0 aliphatic rings. The standard InChI is InChI=1S/C17H14Cl2N2O/c18-12-1-3-14(15(19)9-12)17-4-2-13(22-17)10-16(20)11-5-7-21-8-6-11/h1-9,16H,10,20H2. The normalized spacial score (nSPS) is 12.3. The third kappa shape index (κ3) is 3.33. The highest BCUT2D eigenvalue weighted by Crippen LogP contribution is 2.32. The molecule has 1 unspecified atom stereocenters. The average molecular weight is 333 g/mol. The minimum atomic E-state index is -0.136. The summed E-state index contributed by atoms with van der Waals surface area (Å²) in [6.07, 6.45) is 4.07. The Morgan fingerprint density at radius 3 is 2.55 bits per heavy atom. The molecule has 2 aromatic heterocycles. The zero-order valence-electron chi connectivity index (χ0n) is 11.7. The highest BCUT2D eigenvalue weighted by molar-refractivity contribution is 6.36. The number of furan rings is 1. The maximum absolute atomic E-state index is 6.20. The molecule has 112 valence electrons. The lowest BCUT2D eigenvalue weighted by atomic mass is 10.1. The summed E-state index contributed by atoms with van der Waals surface area (Å²) in [5.41, 5.74) is 8.03. The molecule has 0 radical (unpaired) electrons. The molecule has 0 saturated heterocycles. The molecule has 0 bridgehead atoms. The van der Waals surface area contributed by atoms with Gasteiger partial charge < -0.3 is 10.2 Å². The molecule has 0 aliphatic heterocycles. The average Bonchev–Trinajstić information content (AvgIpc) is 2.96. The Kier molecular flexibility index (Phi) is 4.48. The molecule has 22 heavy (non-hydrogen) atoms. The van der Waals surface area contributed by atoms with Crippen molar-refractivity contribution in [3.63, 3.8) is 0 Å². The van der Waals surface area contributed by atoms with E-state index in [1.54, 1.807) is 24.5 Å². The Morgan fingerprint density at radius 1 is 1.05 bits per heavy atom. The van der Waals surface area contributed by atoms with Gasteiger partial charge in [-0.2, -0.15) is 0 Å². The first-order valence-corrected chi connectivity index (χ1v) is 7.59. The summed E-state index contributed by atoms with van der Waals surface area (Å²) in [4.78, 5) is 3.99. The quantitative estimate of drug-likeness (QED) is 0.739. The van der Waals surface area contributed by atoms with Crippen LogP contribution < -0.4 is 5.73 Å². The third-order valence-electron chi connectivity index (χ3n) is 3.41. The summed E-state index contributed by atoms with van der Waals surface area (Å²) in [5.74, 6) is 1.52. The molecule has 1 aromatic carbocycles. The van der Waals surface area contributed by atoms with E-state index in [1.165, 1.54) is 0 Å². The van der Waals surface area contributed by atoms with E-state index >= 15 is 0 Å². The van der Waals surface area contributed by atoms with Crippen molar-refractivity contribution in [2.75, 3.05) is 0 Å². The fourth-order valence-corrected chi connectivity index (χ4v) is 2.77. The molecule has 0 spiro atoms. The monoisotopic (exact) mass is 332 g/mol. The van der Waals surface area contributed by atoms with Crippen molar-refractivity contribution >= 4 is 23.2 Å². The minimum Gasteiger partial charge on any atom is -0.461 e. The van der Waals surface area contributed by atoms with Crippen molar-refractivity contribution in [3.8, 4) is 11.3 Å². The molecule has 3 aromatic rings. The number of pyridine rings is 1. The first kappa shape index (κ1) is 15.1. The van der Waals surface area contributed by atoms with Crippen molar-refractivity contribution in [2.24, 2.45) is 5.73 Å². The lowest BCUT2D eigenvalue weighted by Crippen LogP contribution is -2.12. The van der Waals surface area contributed by atoms with Gasteiger partial charge in [-0.15, -0.1) is 0 Å². The van der Waals surface area contributed by atoms with Crippen LogP contribution in [0.2, 0.25) is 10.0 Å². The zero-order valence-corrected chi connectivity index (χ0v) is 13.2. The molecule has 0 amide bonds. The van der Waals surface area contributed by atoms with Crippen LogP contribution in [-0.2, 0) is 6.42 Å². The van der Waals surface area contributed by atoms with Gasteiger partial charge in [-0.25, -0.2) is 0 Å². The van der Waals surface area contributed by atoms with E-state index in [9.17, 15) is 0 Å². The van der Waals surface area contributed by atoms with E-state index in [0.717, 1.165) is 16.9 Å². The van der Waals surface area contributed by atoms with Crippen LogP contribution in [0.15, 0.2) is 59.3 Å². The fourth-order valence-electron chi connectivity index (χ4n) is 2.27. The lowest BCUT2D eigenvalue weighted by molar-refractivity contribution is 0.499. The van der Waals surface area contributed by atoms with Gasteiger partial charge >= 0.3 is 0 Å². The maximum atomic E-state index is 6.20. The molecular formula is C17H14Cl2N2O. The van der Waals surface area contributed by atoms with E-state index in [-0.39, 0.29) is 6.04 Å².